The van der Waals surface area contributed by atoms with Crippen molar-refractivity contribution in [3.63, 3.8) is 0 Å². The van der Waals surface area contributed by atoms with Crippen LogP contribution in [0.1, 0.15) is 10.4 Å². The lowest BCUT2D eigenvalue weighted by atomic mass is 10.2. The molecule has 0 fully saturated rings. The van der Waals surface area contributed by atoms with Crippen LogP contribution in [-0.2, 0) is 10.0 Å². The molecule has 1 aromatic heterocycles. The number of thiazole rings is 1. The molecule has 27 heavy (non-hydrogen) atoms. The molecule has 3 aromatic rings. The summed E-state index contributed by atoms with van der Waals surface area (Å²) in [5.74, 6) is -0.501. The number of halogens is 2. The Labute approximate surface area is 170 Å². The molecule has 0 radical (unpaired) electrons. The summed E-state index contributed by atoms with van der Waals surface area (Å²) in [7, 11) is -2.52. The molecule has 3 rings (SSSR count). The second-order valence-corrected chi connectivity index (χ2v) is 8.85. The van der Waals surface area contributed by atoms with Gasteiger partial charge in [-0.1, -0.05) is 41.4 Å². The number of sulfonamides is 1. The van der Waals surface area contributed by atoms with Gasteiger partial charge in [0.25, 0.3) is 5.91 Å². The van der Waals surface area contributed by atoms with E-state index in [9.17, 15) is 13.2 Å². The van der Waals surface area contributed by atoms with Crippen molar-refractivity contribution in [2.75, 3.05) is 12.4 Å². The standard InChI is InChI=1S/C17H13Cl2N3O3S2/c1-20-27(24,25)15-8-10(6-7-13(15)19)16(23)22-17-21-14(9-26-17)11-4-2-3-5-12(11)18/h2-9,20H,1H3,(H,21,22,23). The van der Waals surface area contributed by atoms with Crippen LogP contribution in [0, 0.1) is 0 Å². The molecule has 140 valence electrons. The molecule has 2 N–H and O–H groups in total. The average Bonchev–Trinajstić information content (AvgIpc) is 3.10. The van der Waals surface area contributed by atoms with Crippen LogP contribution in [-0.4, -0.2) is 26.4 Å². The van der Waals surface area contributed by atoms with Gasteiger partial charge in [0, 0.05) is 21.5 Å². The third-order valence-corrected chi connectivity index (χ3v) is 6.61. The predicted octanol–water partition coefficient (Wildman–Crippen LogP) is 4.28. The van der Waals surface area contributed by atoms with Crippen LogP contribution in [0.4, 0.5) is 5.13 Å². The molecule has 0 aliphatic heterocycles. The zero-order chi connectivity index (χ0) is 19.6. The zero-order valence-electron chi connectivity index (χ0n) is 13.9. The van der Waals surface area contributed by atoms with Crippen molar-refractivity contribution >= 4 is 55.6 Å². The lowest BCUT2D eigenvalue weighted by Crippen LogP contribution is -2.20. The van der Waals surface area contributed by atoms with Gasteiger partial charge in [0.05, 0.1) is 10.7 Å². The highest BCUT2D eigenvalue weighted by Crippen LogP contribution is 2.30. The van der Waals surface area contributed by atoms with E-state index in [1.54, 1.807) is 11.4 Å². The van der Waals surface area contributed by atoms with Crippen molar-refractivity contribution in [2.24, 2.45) is 0 Å². The number of rotatable bonds is 5. The van der Waals surface area contributed by atoms with Crippen molar-refractivity contribution in [3.05, 3.63) is 63.5 Å². The number of nitrogens with one attached hydrogen (secondary N) is 2. The maximum Gasteiger partial charge on any atom is 0.257 e. The minimum atomic E-state index is -3.78. The van der Waals surface area contributed by atoms with Crippen LogP contribution in [0.15, 0.2) is 52.7 Å². The van der Waals surface area contributed by atoms with Crippen molar-refractivity contribution in [2.45, 2.75) is 4.90 Å². The summed E-state index contributed by atoms with van der Waals surface area (Å²) < 4.78 is 26.2. The third-order valence-electron chi connectivity index (χ3n) is 3.63. The lowest BCUT2D eigenvalue weighted by Gasteiger charge is -2.08. The molecule has 0 spiro atoms. The highest BCUT2D eigenvalue weighted by Gasteiger charge is 2.19. The molecule has 2 aromatic carbocycles. The first-order valence-electron chi connectivity index (χ1n) is 7.56. The molecule has 0 bridgehead atoms. The fraction of sp³-hybridized carbons (Fsp3) is 0.0588. The highest BCUT2D eigenvalue weighted by atomic mass is 35.5. The van der Waals surface area contributed by atoms with E-state index < -0.39 is 15.9 Å². The van der Waals surface area contributed by atoms with Crippen LogP contribution in [0.25, 0.3) is 11.3 Å². The Morgan fingerprint density at radius 1 is 1.11 bits per heavy atom. The SMILES string of the molecule is CNS(=O)(=O)c1cc(C(=O)Nc2nc(-c3ccccc3Cl)cs2)ccc1Cl. The van der Waals surface area contributed by atoms with E-state index in [2.05, 4.69) is 15.0 Å². The highest BCUT2D eigenvalue weighted by molar-refractivity contribution is 7.89. The van der Waals surface area contributed by atoms with E-state index in [4.69, 9.17) is 23.2 Å². The fourth-order valence-corrected chi connectivity index (χ4v) is 4.44. The first kappa shape index (κ1) is 19.8. The van der Waals surface area contributed by atoms with Gasteiger partial charge in [0.2, 0.25) is 10.0 Å². The van der Waals surface area contributed by atoms with Crippen LogP contribution in [0.3, 0.4) is 0 Å². The van der Waals surface area contributed by atoms with Gasteiger partial charge in [-0.3, -0.25) is 10.1 Å². The Hall–Kier alpha value is -1.97. The largest absolute Gasteiger partial charge is 0.298 e. The second kappa shape index (κ2) is 7.95. The summed E-state index contributed by atoms with van der Waals surface area (Å²) in [6.45, 7) is 0. The number of hydrogen-bond donors (Lipinski definition) is 2. The van der Waals surface area contributed by atoms with Gasteiger partial charge in [-0.15, -0.1) is 11.3 Å². The molecule has 0 aliphatic rings. The molecule has 0 saturated carbocycles. The number of benzene rings is 2. The molecule has 0 saturated heterocycles. The minimum Gasteiger partial charge on any atom is -0.298 e. The maximum absolute atomic E-state index is 12.5. The number of hydrogen-bond acceptors (Lipinski definition) is 5. The zero-order valence-corrected chi connectivity index (χ0v) is 17.0. The second-order valence-electron chi connectivity index (χ2n) is 5.32. The Balaban J connectivity index is 1.85. The summed E-state index contributed by atoms with van der Waals surface area (Å²) in [6.07, 6.45) is 0. The Bertz CT molecular complexity index is 1110. The molecule has 0 aliphatic carbocycles. The number of aromatic nitrogens is 1. The quantitative estimate of drug-likeness (QED) is 0.618. The molecule has 0 atom stereocenters. The number of amides is 1. The van der Waals surface area contributed by atoms with E-state index in [1.807, 2.05) is 18.2 Å². The Morgan fingerprint density at radius 3 is 2.56 bits per heavy atom. The van der Waals surface area contributed by atoms with E-state index in [0.717, 1.165) is 5.56 Å². The summed E-state index contributed by atoms with van der Waals surface area (Å²) in [5.41, 5.74) is 1.53. The van der Waals surface area contributed by atoms with Crippen LogP contribution >= 0.6 is 34.5 Å². The van der Waals surface area contributed by atoms with Gasteiger partial charge in [0.15, 0.2) is 5.13 Å². The van der Waals surface area contributed by atoms with Gasteiger partial charge in [0.1, 0.15) is 4.90 Å². The monoisotopic (exact) mass is 441 g/mol. The lowest BCUT2D eigenvalue weighted by molar-refractivity contribution is 0.102. The van der Waals surface area contributed by atoms with Crippen LogP contribution < -0.4 is 10.0 Å². The van der Waals surface area contributed by atoms with Crippen molar-refractivity contribution in [1.82, 2.24) is 9.71 Å². The van der Waals surface area contributed by atoms with E-state index >= 15 is 0 Å². The maximum atomic E-state index is 12.5. The average molecular weight is 442 g/mol. The number of carbonyl (C=O) groups excluding carboxylic acids is 1. The first-order chi connectivity index (χ1) is 12.8. The number of carbonyl (C=O) groups is 1. The molecule has 1 heterocycles. The summed E-state index contributed by atoms with van der Waals surface area (Å²) in [5, 5.41) is 5.37. The Morgan fingerprint density at radius 2 is 1.85 bits per heavy atom. The third kappa shape index (κ3) is 4.31. The molecule has 1 amide bonds. The Kier molecular flexibility index (Phi) is 5.83. The topological polar surface area (TPSA) is 88.2 Å². The van der Waals surface area contributed by atoms with E-state index in [0.29, 0.717) is 15.8 Å². The molecule has 10 heteroatoms. The first-order valence-corrected chi connectivity index (χ1v) is 10.7. The molecule has 0 unspecified atom stereocenters. The van der Waals surface area contributed by atoms with Crippen LogP contribution in [0.5, 0.6) is 0 Å². The summed E-state index contributed by atoms with van der Waals surface area (Å²) in [4.78, 5) is 16.7. The van der Waals surface area contributed by atoms with E-state index in [-0.39, 0.29) is 15.5 Å². The molecular weight excluding hydrogens is 429 g/mol. The van der Waals surface area contributed by atoms with Gasteiger partial charge in [-0.25, -0.2) is 18.1 Å². The minimum absolute atomic E-state index is 0.0242. The normalized spacial score (nSPS) is 11.4. The smallest absolute Gasteiger partial charge is 0.257 e. The number of nitrogens with zero attached hydrogens (tertiary/aromatic N) is 1. The molecule has 6 nitrogen and oxygen atoms in total. The van der Waals surface area contributed by atoms with Gasteiger partial charge in [-0.05, 0) is 31.3 Å². The predicted molar refractivity (Wildman–Crippen MR) is 108 cm³/mol. The number of anilines is 1. The van der Waals surface area contributed by atoms with Crippen LogP contribution in [0.2, 0.25) is 10.0 Å². The van der Waals surface area contributed by atoms with Gasteiger partial charge < -0.3 is 0 Å². The van der Waals surface area contributed by atoms with Crippen molar-refractivity contribution < 1.29 is 13.2 Å². The summed E-state index contributed by atoms with van der Waals surface area (Å²) >= 11 is 13.3. The van der Waals surface area contributed by atoms with Gasteiger partial charge in [-0.2, -0.15) is 0 Å². The summed E-state index contributed by atoms with van der Waals surface area (Å²) in [6, 6.07) is 11.3. The van der Waals surface area contributed by atoms with E-state index in [1.165, 1.54) is 36.6 Å². The fourth-order valence-electron chi connectivity index (χ4n) is 2.25. The molecular formula is C17H13Cl2N3O3S2. The van der Waals surface area contributed by atoms with Crippen molar-refractivity contribution in [1.29, 1.82) is 0 Å². The van der Waals surface area contributed by atoms with Gasteiger partial charge >= 0.3 is 0 Å². The van der Waals surface area contributed by atoms with Crippen molar-refractivity contribution in [3.8, 4) is 11.3 Å².